The van der Waals surface area contributed by atoms with Crippen LogP contribution in [0.3, 0.4) is 0 Å². The number of rotatable bonds is 8. The van der Waals surface area contributed by atoms with Crippen molar-refractivity contribution in [1.82, 2.24) is 9.21 Å². The molecular formula is C21H25ClN2O5S. The van der Waals surface area contributed by atoms with E-state index in [0.717, 1.165) is 5.56 Å². The van der Waals surface area contributed by atoms with E-state index in [1.165, 1.54) is 34.5 Å². The van der Waals surface area contributed by atoms with Crippen LogP contribution in [0.4, 0.5) is 0 Å². The fraction of sp³-hybridized carbons (Fsp3) is 0.333. The van der Waals surface area contributed by atoms with Gasteiger partial charge in [0.1, 0.15) is 4.90 Å². The summed E-state index contributed by atoms with van der Waals surface area (Å²) in [4.78, 5) is 25.8. The zero-order valence-electron chi connectivity index (χ0n) is 17.4. The number of sulfonamides is 1. The first-order chi connectivity index (χ1) is 14.1. The molecule has 1 amide bonds. The Morgan fingerprint density at radius 2 is 1.57 bits per heavy atom. The van der Waals surface area contributed by atoms with Gasteiger partial charge in [0, 0.05) is 32.2 Å². The Morgan fingerprint density at radius 3 is 2.10 bits per heavy atom. The van der Waals surface area contributed by atoms with Crippen LogP contribution >= 0.6 is 11.6 Å². The van der Waals surface area contributed by atoms with Crippen molar-refractivity contribution >= 4 is 33.5 Å². The Hall–Kier alpha value is -2.42. The van der Waals surface area contributed by atoms with Gasteiger partial charge in [-0.1, -0.05) is 37.6 Å². The molecule has 0 aliphatic heterocycles. The molecule has 2 aromatic rings. The van der Waals surface area contributed by atoms with Crippen LogP contribution < -0.4 is 0 Å². The molecule has 162 valence electrons. The molecule has 30 heavy (non-hydrogen) atoms. The molecule has 0 unspecified atom stereocenters. The van der Waals surface area contributed by atoms with E-state index in [4.69, 9.17) is 11.6 Å². The predicted octanol–water partition coefficient (Wildman–Crippen LogP) is 3.43. The molecule has 0 N–H and O–H groups in total. The molecule has 0 aliphatic rings. The van der Waals surface area contributed by atoms with Crippen LogP contribution in [-0.2, 0) is 21.3 Å². The maximum atomic E-state index is 12.9. The lowest BCUT2D eigenvalue weighted by molar-refractivity contribution is 0.0600. The van der Waals surface area contributed by atoms with E-state index in [9.17, 15) is 18.0 Å². The Morgan fingerprint density at radius 1 is 1.00 bits per heavy atom. The summed E-state index contributed by atoms with van der Waals surface area (Å²) in [5.41, 5.74) is 1.45. The number of benzene rings is 2. The number of carbonyl (C=O) groups is 2. The molecule has 0 bridgehead atoms. The van der Waals surface area contributed by atoms with E-state index in [1.807, 2.05) is 0 Å². The van der Waals surface area contributed by atoms with Crippen molar-refractivity contribution in [2.24, 2.45) is 0 Å². The van der Waals surface area contributed by atoms with Crippen LogP contribution in [0, 0.1) is 0 Å². The van der Waals surface area contributed by atoms with Crippen molar-refractivity contribution in [1.29, 1.82) is 0 Å². The Labute approximate surface area is 182 Å². The van der Waals surface area contributed by atoms with Gasteiger partial charge in [0.05, 0.1) is 17.7 Å². The molecule has 2 rings (SSSR count). The van der Waals surface area contributed by atoms with Crippen LogP contribution in [-0.4, -0.2) is 56.7 Å². The second kappa shape index (κ2) is 10.1. The van der Waals surface area contributed by atoms with E-state index in [0.29, 0.717) is 18.7 Å². The smallest absolute Gasteiger partial charge is 0.337 e. The molecule has 0 atom stereocenters. The molecule has 7 nitrogen and oxygen atoms in total. The molecule has 9 heteroatoms. The Balaban J connectivity index is 2.25. The molecule has 0 saturated carbocycles. The minimum absolute atomic E-state index is 0.0690. The number of carbonyl (C=O) groups excluding carboxylic acids is 2. The van der Waals surface area contributed by atoms with Gasteiger partial charge >= 0.3 is 5.97 Å². The van der Waals surface area contributed by atoms with Gasteiger partial charge in [-0.25, -0.2) is 13.2 Å². The number of halogens is 1. The number of nitrogens with zero attached hydrogens (tertiary/aromatic N) is 2. The summed E-state index contributed by atoms with van der Waals surface area (Å²) in [6.45, 7) is 4.36. The largest absolute Gasteiger partial charge is 0.465 e. The standard InChI is InChI=1S/C21H25ClN2O5S/c1-5-24(6-2)30(27,28)19-13-17(11-12-18(19)22)20(25)23(3)14-15-7-9-16(10-8-15)21(26)29-4/h7-13H,5-6,14H2,1-4H3. The number of hydrogen-bond acceptors (Lipinski definition) is 5. The monoisotopic (exact) mass is 452 g/mol. The number of esters is 1. The highest BCUT2D eigenvalue weighted by molar-refractivity contribution is 7.89. The average Bonchev–Trinajstić information content (AvgIpc) is 2.74. The van der Waals surface area contributed by atoms with Crippen molar-refractivity contribution in [3.63, 3.8) is 0 Å². The molecule has 0 heterocycles. The summed E-state index contributed by atoms with van der Waals surface area (Å²) in [5.74, 6) is -0.784. The first kappa shape index (κ1) is 23.9. The van der Waals surface area contributed by atoms with E-state index in [1.54, 1.807) is 45.2 Å². The Bertz CT molecular complexity index is 1020. The van der Waals surface area contributed by atoms with Gasteiger partial charge in [-0.05, 0) is 35.9 Å². The zero-order chi connectivity index (χ0) is 22.5. The molecule has 0 spiro atoms. The first-order valence-electron chi connectivity index (χ1n) is 9.38. The van der Waals surface area contributed by atoms with Crippen molar-refractivity contribution in [3.05, 3.63) is 64.2 Å². The summed E-state index contributed by atoms with van der Waals surface area (Å²) in [7, 11) is -0.877. The number of amides is 1. The first-order valence-corrected chi connectivity index (χ1v) is 11.2. The molecule has 0 fully saturated rings. The lowest BCUT2D eigenvalue weighted by Gasteiger charge is -2.21. The zero-order valence-corrected chi connectivity index (χ0v) is 19.0. The topological polar surface area (TPSA) is 84.0 Å². The van der Waals surface area contributed by atoms with Gasteiger partial charge in [-0.2, -0.15) is 4.31 Å². The van der Waals surface area contributed by atoms with Crippen molar-refractivity contribution in [2.75, 3.05) is 27.2 Å². The van der Waals surface area contributed by atoms with E-state index in [-0.39, 0.29) is 27.9 Å². The lowest BCUT2D eigenvalue weighted by atomic mass is 10.1. The van der Waals surface area contributed by atoms with Crippen LogP contribution in [0.5, 0.6) is 0 Å². The molecule has 2 aromatic carbocycles. The van der Waals surface area contributed by atoms with Gasteiger partial charge in [0.15, 0.2) is 0 Å². The van der Waals surface area contributed by atoms with Crippen LogP contribution in [0.15, 0.2) is 47.4 Å². The highest BCUT2D eigenvalue weighted by atomic mass is 35.5. The fourth-order valence-corrected chi connectivity index (χ4v) is 4.93. The SMILES string of the molecule is CCN(CC)S(=O)(=O)c1cc(C(=O)N(C)Cc2ccc(C(=O)OC)cc2)ccc1Cl. The van der Waals surface area contributed by atoms with Gasteiger partial charge < -0.3 is 9.64 Å². The highest BCUT2D eigenvalue weighted by Gasteiger charge is 2.26. The van der Waals surface area contributed by atoms with Gasteiger partial charge in [-0.3, -0.25) is 4.79 Å². The van der Waals surface area contributed by atoms with Crippen molar-refractivity contribution in [3.8, 4) is 0 Å². The fourth-order valence-electron chi connectivity index (χ4n) is 2.97. The third-order valence-electron chi connectivity index (χ3n) is 4.64. The number of ether oxygens (including phenoxy) is 1. The normalized spacial score (nSPS) is 11.4. The number of methoxy groups -OCH3 is 1. The minimum Gasteiger partial charge on any atom is -0.465 e. The quantitative estimate of drug-likeness (QED) is 0.573. The predicted molar refractivity (Wildman–Crippen MR) is 115 cm³/mol. The molecule has 0 radical (unpaired) electrons. The molecule has 0 aliphatic carbocycles. The summed E-state index contributed by atoms with van der Waals surface area (Å²) in [5, 5.41) is 0.0690. The maximum Gasteiger partial charge on any atom is 0.337 e. The number of hydrogen-bond donors (Lipinski definition) is 0. The summed E-state index contributed by atoms with van der Waals surface area (Å²) in [6.07, 6.45) is 0. The van der Waals surface area contributed by atoms with E-state index >= 15 is 0 Å². The van der Waals surface area contributed by atoms with Crippen LogP contribution in [0.2, 0.25) is 5.02 Å². The molecular weight excluding hydrogens is 428 g/mol. The maximum absolute atomic E-state index is 12.9. The van der Waals surface area contributed by atoms with Crippen LogP contribution in [0.1, 0.15) is 40.1 Å². The second-order valence-corrected chi connectivity index (χ2v) is 8.90. The van der Waals surface area contributed by atoms with Crippen LogP contribution in [0.25, 0.3) is 0 Å². The van der Waals surface area contributed by atoms with Gasteiger partial charge in [-0.15, -0.1) is 0 Å². The average molecular weight is 453 g/mol. The summed E-state index contributed by atoms with van der Waals surface area (Å²) >= 11 is 6.14. The van der Waals surface area contributed by atoms with Crippen molar-refractivity contribution in [2.45, 2.75) is 25.3 Å². The van der Waals surface area contributed by atoms with E-state index < -0.39 is 16.0 Å². The van der Waals surface area contributed by atoms with Gasteiger partial charge in [0.25, 0.3) is 5.91 Å². The van der Waals surface area contributed by atoms with Crippen molar-refractivity contribution < 1.29 is 22.7 Å². The van der Waals surface area contributed by atoms with E-state index in [2.05, 4.69) is 4.74 Å². The lowest BCUT2D eigenvalue weighted by Crippen LogP contribution is -2.31. The van der Waals surface area contributed by atoms with Gasteiger partial charge in [0.2, 0.25) is 10.0 Å². The third-order valence-corrected chi connectivity index (χ3v) is 7.17. The molecule has 0 saturated heterocycles. The third kappa shape index (κ3) is 5.19. The highest BCUT2D eigenvalue weighted by Crippen LogP contribution is 2.26. The minimum atomic E-state index is -3.80. The summed E-state index contributed by atoms with van der Waals surface area (Å²) < 4.78 is 31.6. The Kier molecular flexibility index (Phi) is 8.00. The second-order valence-electron chi connectivity index (χ2n) is 6.58. The molecule has 0 aromatic heterocycles. The summed E-state index contributed by atoms with van der Waals surface area (Å²) in [6, 6.07) is 10.9.